The van der Waals surface area contributed by atoms with Crippen molar-refractivity contribution in [3.05, 3.63) is 29.8 Å². The van der Waals surface area contributed by atoms with Crippen molar-refractivity contribution >= 4 is 47.6 Å². The van der Waals surface area contributed by atoms with Gasteiger partial charge in [-0.1, -0.05) is 12.1 Å². The second-order valence-corrected chi connectivity index (χ2v) is 8.36. The molecule has 1 fully saturated rings. The zero-order valence-corrected chi connectivity index (χ0v) is 19.0. The predicted molar refractivity (Wildman–Crippen MR) is 120 cm³/mol. The van der Waals surface area contributed by atoms with Crippen LogP contribution in [-0.2, 0) is 11.3 Å². The molecule has 1 aliphatic rings. The first kappa shape index (κ1) is 22.9. The van der Waals surface area contributed by atoms with Crippen molar-refractivity contribution in [2.24, 2.45) is 4.99 Å². The smallest absolute Gasteiger partial charge is 0.239 e. The Morgan fingerprint density at radius 1 is 1.31 bits per heavy atom. The summed E-state index contributed by atoms with van der Waals surface area (Å²) in [6, 6.07) is 7.66. The van der Waals surface area contributed by atoms with Crippen LogP contribution in [0.1, 0.15) is 19.4 Å². The largest absolute Gasteiger partial charge is 0.497 e. The normalized spacial score (nSPS) is 16.5. The standard InChI is InChI=1S/C18H28N4O2S.HI/c1-18(2)13-22(9-10-25-18)17(19-3)21-12-16(23)20-11-14-5-7-15(24-4)8-6-14;/h5-8H,9-13H2,1-4H3,(H,19,21)(H,20,23);1H. The van der Waals surface area contributed by atoms with Crippen molar-refractivity contribution < 1.29 is 9.53 Å². The van der Waals surface area contributed by atoms with Crippen LogP contribution in [0.5, 0.6) is 5.75 Å². The fourth-order valence-corrected chi connectivity index (χ4v) is 3.81. The second-order valence-electron chi connectivity index (χ2n) is 6.56. The first-order valence-corrected chi connectivity index (χ1v) is 9.41. The van der Waals surface area contributed by atoms with Crippen molar-refractivity contribution in [3.8, 4) is 5.75 Å². The van der Waals surface area contributed by atoms with E-state index >= 15 is 0 Å². The Morgan fingerprint density at radius 3 is 2.58 bits per heavy atom. The van der Waals surface area contributed by atoms with Crippen LogP contribution in [0.4, 0.5) is 0 Å². The number of aliphatic imine (C=N–C) groups is 1. The zero-order chi connectivity index (χ0) is 18.3. The summed E-state index contributed by atoms with van der Waals surface area (Å²) < 4.78 is 5.33. The molecule has 0 aliphatic carbocycles. The molecule has 8 heteroatoms. The summed E-state index contributed by atoms with van der Waals surface area (Å²) in [6.45, 7) is 7.05. The zero-order valence-electron chi connectivity index (χ0n) is 15.9. The van der Waals surface area contributed by atoms with Crippen LogP contribution in [-0.4, -0.2) is 61.1 Å². The third kappa shape index (κ3) is 7.22. The van der Waals surface area contributed by atoms with E-state index in [0.717, 1.165) is 36.1 Å². The number of ether oxygens (including phenoxy) is 1. The lowest BCUT2D eigenvalue weighted by Crippen LogP contribution is -2.52. The molecule has 0 atom stereocenters. The molecule has 2 rings (SSSR count). The Hall–Kier alpha value is -1.16. The van der Waals surface area contributed by atoms with Crippen LogP contribution in [0, 0.1) is 0 Å². The lowest BCUT2D eigenvalue weighted by molar-refractivity contribution is -0.120. The number of thioether (sulfide) groups is 1. The van der Waals surface area contributed by atoms with E-state index in [1.165, 1.54) is 0 Å². The van der Waals surface area contributed by atoms with Crippen LogP contribution in [0.25, 0.3) is 0 Å². The molecule has 0 radical (unpaired) electrons. The summed E-state index contributed by atoms with van der Waals surface area (Å²) in [5.74, 6) is 2.61. The second kappa shape index (κ2) is 10.9. The molecule has 0 saturated carbocycles. The van der Waals surface area contributed by atoms with Crippen LogP contribution >= 0.6 is 35.7 Å². The number of nitrogens with zero attached hydrogens (tertiary/aromatic N) is 2. The number of amides is 1. The highest BCUT2D eigenvalue weighted by molar-refractivity contribution is 14.0. The molecule has 26 heavy (non-hydrogen) atoms. The maximum absolute atomic E-state index is 12.1. The van der Waals surface area contributed by atoms with Gasteiger partial charge in [-0.2, -0.15) is 11.8 Å². The molecule has 1 amide bonds. The van der Waals surface area contributed by atoms with Gasteiger partial charge in [0.25, 0.3) is 0 Å². The van der Waals surface area contributed by atoms with Gasteiger partial charge in [0.1, 0.15) is 5.75 Å². The Bertz CT molecular complexity index is 608. The van der Waals surface area contributed by atoms with Gasteiger partial charge >= 0.3 is 0 Å². The number of nitrogens with one attached hydrogen (secondary N) is 2. The van der Waals surface area contributed by atoms with Crippen LogP contribution in [0.15, 0.2) is 29.3 Å². The number of hydrogen-bond donors (Lipinski definition) is 2. The van der Waals surface area contributed by atoms with E-state index in [1.807, 2.05) is 36.0 Å². The molecule has 2 N–H and O–H groups in total. The number of carbonyl (C=O) groups is 1. The van der Waals surface area contributed by atoms with Crippen LogP contribution in [0.2, 0.25) is 0 Å². The first-order valence-electron chi connectivity index (χ1n) is 8.43. The monoisotopic (exact) mass is 492 g/mol. The maximum Gasteiger partial charge on any atom is 0.239 e. The van der Waals surface area contributed by atoms with Gasteiger partial charge in [0.2, 0.25) is 5.91 Å². The molecule has 6 nitrogen and oxygen atoms in total. The minimum Gasteiger partial charge on any atom is -0.497 e. The van der Waals surface area contributed by atoms with E-state index in [-0.39, 0.29) is 41.2 Å². The molecule has 0 spiro atoms. The van der Waals surface area contributed by atoms with E-state index in [1.54, 1.807) is 14.2 Å². The predicted octanol–water partition coefficient (Wildman–Crippen LogP) is 2.33. The van der Waals surface area contributed by atoms with Gasteiger partial charge in [-0.25, -0.2) is 0 Å². The molecule has 0 unspecified atom stereocenters. The van der Waals surface area contributed by atoms with Crippen molar-refractivity contribution in [2.45, 2.75) is 25.1 Å². The number of benzene rings is 1. The minimum absolute atomic E-state index is 0. The van der Waals surface area contributed by atoms with Gasteiger partial charge in [0, 0.05) is 37.2 Å². The van der Waals surface area contributed by atoms with Crippen molar-refractivity contribution in [1.82, 2.24) is 15.5 Å². The molecule has 146 valence electrons. The fraction of sp³-hybridized carbons (Fsp3) is 0.556. The molecular formula is C18H29IN4O2S. The number of rotatable bonds is 5. The van der Waals surface area contributed by atoms with Crippen molar-refractivity contribution in [3.63, 3.8) is 0 Å². The molecule has 1 aliphatic heterocycles. The third-order valence-electron chi connectivity index (χ3n) is 3.99. The molecular weight excluding hydrogens is 463 g/mol. The SMILES string of the molecule is CN=C(NCC(=O)NCc1ccc(OC)cc1)N1CCSC(C)(C)C1.I. The van der Waals surface area contributed by atoms with E-state index < -0.39 is 0 Å². The Balaban J connectivity index is 0.00000338. The lowest BCUT2D eigenvalue weighted by atomic mass is 10.2. The van der Waals surface area contributed by atoms with Crippen molar-refractivity contribution in [1.29, 1.82) is 0 Å². The average molecular weight is 492 g/mol. The lowest BCUT2D eigenvalue weighted by Gasteiger charge is -2.39. The summed E-state index contributed by atoms with van der Waals surface area (Å²) in [5.41, 5.74) is 1.04. The number of methoxy groups -OCH3 is 1. The van der Waals surface area contributed by atoms with Gasteiger partial charge in [-0.15, -0.1) is 24.0 Å². The van der Waals surface area contributed by atoms with Gasteiger partial charge in [-0.05, 0) is 31.5 Å². The summed E-state index contributed by atoms with van der Waals surface area (Å²) in [6.07, 6.45) is 0. The number of hydrogen-bond acceptors (Lipinski definition) is 4. The number of guanidine groups is 1. The van der Waals surface area contributed by atoms with E-state index in [4.69, 9.17) is 4.74 Å². The van der Waals surface area contributed by atoms with E-state index in [0.29, 0.717) is 6.54 Å². The first-order chi connectivity index (χ1) is 11.9. The summed E-state index contributed by atoms with van der Waals surface area (Å²) >= 11 is 1.97. The fourth-order valence-electron chi connectivity index (χ4n) is 2.70. The highest BCUT2D eigenvalue weighted by Gasteiger charge is 2.28. The Kier molecular flexibility index (Phi) is 9.56. The molecule has 0 aromatic heterocycles. The topological polar surface area (TPSA) is 66.0 Å². The molecule has 0 bridgehead atoms. The number of halogens is 1. The van der Waals surface area contributed by atoms with Gasteiger partial charge in [0.05, 0.1) is 13.7 Å². The Morgan fingerprint density at radius 2 is 2.00 bits per heavy atom. The van der Waals surface area contributed by atoms with Crippen molar-refractivity contribution in [2.75, 3.05) is 39.5 Å². The average Bonchev–Trinajstić information content (AvgIpc) is 2.60. The minimum atomic E-state index is -0.0531. The Labute approximate surface area is 177 Å². The summed E-state index contributed by atoms with van der Waals surface area (Å²) in [4.78, 5) is 18.6. The molecule has 1 aromatic rings. The van der Waals surface area contributed by atoms with Crippen LogP contribution in [0.3, 0.4) is 0 Å². The highest BCUT2D eigenvalue weighted by atomic mass is 127. The summed E-state index contributed by atoms with van der Waals surface area (Å²) in [7, 11) is 3.39. The van der Waals surface area contributed by atoms with E-state index in [2.05, 4.69) is 34.4 Å². The molecule has 1 heterocycles. The summed E-state index contributed by atoms with van der Waals surface area (Å²) in [5, 5.41) is 6.08. The quantitative estimate of drug-likeness (QED) is 0.376. The van der Waals surface area contributed by atoms with Crippen LogP contribution < -0.4 is 15.4 Å². The van der Waals surface area contributed by atoms with Gasteiger partial charge in [-0.3, -0.25) is 9.79 Å². The van der Waals surface area contributed by atoms with E-state index in [9.17, 15) is 4.79 Å². The highest BCUT2D eigenvalue weighted by Crippen LogP contribution is 2.29. The molecule has 1 saturated heterocycles. The van der Waals surface area contributed by atoms with Gasteiger partial charge < -0.3 is 20.3 Å². The number of carbonyl (C=O) groups excluding carboxylic acids is 1. The van der Waals surface area contributed by atoms with Gasteiger partial charge in [0.15, 0.2) is 5.96 Å². The third-order valence-corrected chi connectivity index (χ3v) is 5.29. The molecule has 1 aromatic carbocycles. The maximum atomic E-state index is 12.1.